The van der Waals surface area contributed by atoms with Crippen LogP contribution in [0.4, 0.5) is 0 Å². The second-order valence-electron chi connectivity index (χ2n) is 7.12. The van der Waals surface area contributed by atoms with Crippen LogP contribution < -0.4 is 16.4 Å². The third kappa shape index (κ3) is 3.88. The lowest BCUT2D eigenvalue weighted by molar-refractivity contribution is -0.177. The largest absolute Gasteiger partial charge is 0.394 e. The van der Waals surface area contributed by atoms with Crippen molar-refractivity contribution in [3.05, 3.63) is 0 Å². The first-order valence-corrected chi connectivity index (χ1v) is 8.49. The molecule has 0 spiro atoms. The van der Waals surface area contributed by atoms with E-state index < -0.39 is 24.1 Å². The first-order chi connectivity index (χ1) is 11.4. The van der Waals surface area contributed by atoms with Gasteiger partial charge in [-0.25, -0.2) is 0 Å². The van der Waals surface area contributed by atoms with Crippen LogP contribution in [0.1, 0.15) is 25.7 Å². The molecule has 1 amide bonds. The molecule has 1 saturated carbocycles. The molecule has 2 aliphatic heterocycles. The minimum atomic E-state index is -1.33. The minimum Gasteiger partial charge on any atom is -0.394 e. The minimum absolute atomic E-state index is 0.122. The van der Waals surface area contributed by atoms with Gasteiger partial charge < -0.3 is 41.2 Å². The summed E-state index contributed by atoms with van der Waals surface area (Å²) in [6, 6.07) is -0.293. The van der Waals surface area contributed by atoms with Crippen LogP contribution in [0.3, 0.4) is 0 Å². The quantitative estimate of drug-likeness (QED) is 0.313. The van der Waals surface area contributed by atoms with Gasteiger partial charge in [0.25, 0.3) is 5.91 Å². The first kappa shape index (κ1) is 18.0. The van der Waals surface area contributed by atoms with Crippen molar-refractivity contribution in [2.45, 2.75) is 68.0 Å². The third-order valence-electron chi connectivity index (χ3n) is 5.01. The lowest BCUT2D eigenvalue weighted by Gasteiger charge is -2.39. The van der Waals surface area contributed by atoms with Crippen molar-refractivity contribution in [1.82, 2.24) is 10.6 Å². The van der Waals surface area contributed by atoms with E-state index in [2.05, 4.69) is 10.6 Å². The number of rotatable bonds is 5. The molecule has 6 atom stereocenters. The van der Waals surface area contributed by atoms with Gasteiger partial charge in [0, 0.05) is 31.6 Å². The van der Waals surface area contributed by atoms with Crippen molar-refractivity contribution < 1.29 is 29.6 Å². The standard InChI is InChI=1S/C15H27N3O6/c16-8-1-9(18-14(21)15(22)6-17-7-15)3-10(2-8)23-13-4-11(20)12(5-19)24-13/h8-13,17,19-20,22H,1-7,16H2,(H,18,21)/t8?,9?,10?,11-,12?,13?/m0/s1. The van der Waals surface area contributed by atoms with Crippen molar-refractivity contribution in [1.29, 1.82) is 0 Å². The molecule has 0 bridgehead atoms. The lowest BCUT2D eigenvalue weighted by atomic mass is 9.88. The fourth-order valence-corrected chi connectivity index (χ4v) is 3.54. The molecule has 9 heteroatoms. The molecule has 3 rings (SSSR count). The number of aliphatic hydroxyl groups is 3. The molecule has 3 aliphatic rings. The van der Waals surface area contributed by atoms with Gasteiger partial charge in [-0.05, 0) is 19.3 Å². The lowest BCUT2D eigenvalue weighted by Crippen LogP contribution is -2.68. The molecule has 2 heterocycles. The van der Waals surface area contributed by atoms with Gasteiger partial charge in [0.15, 0.2) is 11.9 Å². The molecule has 0 aromatic rings. The highest BCUT2D eigenvalue weighted by Gasteiger charge is 2.44. The molecule has 1 aliphatic carbocycles. The van der Waals surface area contributed by atoms with E-state index in [-0.39, 0.29) is 43.8 Å². The summed E-state index contributed by atoms with van der Waals surface area (Å²) in [7, 11) is 0. The van der Waals surface area contributed by atoms with Crippen LogP contribution in [-0.2, 0) is 14.3 Å². The number of nitrogens with one attached hydrogen (secondary N) is 2. The maximum absolute atomic E-state index is 12.1. The second kappa shape index (κ2) is 7.20. The zero-order valence-corrected chi connectivity index (χ0v) is 13.6. The fourth-order valence-electron chi connectivity index (χ4n) is 3.54. The Morgan fingerprint density at radius 1 is 1.33 bits per heavy atom. The van der Waals surface area contributed by atoms with E-state index in [9.17, 15) is 15.0 Å². The van der Waals surface area contributed by atoms with Crippen LogP contribution in [0.15, 0.2) is 0 Å². The number of carbonyl (C=O) groups excluding carboxylic acids is 1. The molecule has 9 nitrogen and oxygen atoms in total. The van der Waals surface area contributed by atoms with E-state index in [4.69, 9.17) is 20.3 Å². The van der Waals surface area contributed by atoms with Crippen molar-refractivity contribution in [3.63, 3.8) is 0 Å². The highest BCUT2D eigenvalue weighted by atomic mass is 16.7. The number of β-amino-alcohol motifs (C(OH)–C–C–N with tert-alkyl or cyclic N) is 1. The average molecular weight is 345 g/mol. The van der Waals surface area contributed by atoms with Gasteiger partial charge in [0.2, 0.25) is 0 Å². The van der Waals surface area contributed by atoms with Crippen molar-refractivity contribution in [2.24, 2.45) is 5.73 Å². The van der Waals surface area contributed by atoms with Gasteiger partial charge in [-0.15, -0.1) is 0 Å². The number of amides is 1. The van der Waals surface area contributed by atoms with Crippen LogP contribution in [0.2, 0.25) is 0 Å². The molecule has 24 heavy (non-hydrogen) atoms. The van der Waals surface area contributed by atoms with Crippen molar-refractivity contribution >= 4 is 5.91 Å². The third-order valence-corrected chi connectivity index (χ3v) is 5.01. The SMILES string of the molecule is NC1CC(NC(=O)C2(O)CNC2)CC(OC2C[C@H](O)C(CO)O2)C1. The molecule has 5 unspecified atom stereocenters. The van der Waals surface area contributed by atoms with E-state index in [1.54, 1.807) is 0 Å². The van der Waals surface area contributed by atoms with Gasteiger partial charge in [-0.1, -0.05) is 0 Å². The predicted octanol–water partition coefficient (Wildman–Crippen LogP) is -2.83. The van der Waals surface area contributed by atoms with E-state index in [1.807, 2.05) is 0 Å². The maximum atomic E-state index is 12.1. The van der Waals surface area contributed by atoms with E-state index in [0.29, 0.717) is 25.7 Å². The Morgan fingerprint density at radius 3 is 2.67 bits per heavy atom. The Labute approximate surface area is 140 Å². The normalized spacial score (nSPS) is 41.7. The van der Waals surface area contributed by atoms with Gasteiger partial charge in [-0.3, -0.25) is 4.79 Å². The number of ether oxygens (including phenoxy) is 2. The monoisotopic (exact) mass is 345 g/mol. The number of hydrogen-bond acceptors (Lipinski definition) is 8. The summed E-state index contributed by atoms with van der Waals surface area (Å²) >= 11 is 0. The summed E-state index contributed by atoms with van der Waals surface area (Å²) in [4.78, 5) is 12.1. The zero-order chi connectivity index (χ0) is 17.3. The van der Waals surface area contributed by atoms with Crippen molar-refractivity contribution in [2.75, 3.05) is 19.7 Å². The van der Waals surface area contributed by atoms with Crippen LogP contribution in [-0.4, -0.2) is 83.2 Å². The fraction of sp³-hybridized carbons (Fsp3) is 0.933. The Morgan fingerprint density at radius 2 is 2.08 bits per heavy atom. The van der Waals surface area contributed by atoms with Gasteiger partial charge >= 0.3 is 0 Å². The number of carbonyl (C=O) groups is 1. The Hall–Kier alpha value is -0.810. The summed E-state index contributed by atoms with van der Waals surface area (Å²) < 4.78 is 11.3. The highest BCUT2D eigenvalue weighted by molar-refractivity contribution is 5.86. The van der Waals surface area contributed by atoms with Crippen molar-refractivity contribution in [3.8, 4) is 0 Å². The molecule has 0 aromatic carbocycles. The van der Waals surface area contributed by atoms with Crippen LogP contribution in [0, 0.1) is 0 Å². The Bertz CT molecular complexity index is 460. The van der Waals surface area contributed by atoms with Gasteiger partial charge in [-0.2, -0.15) is 0 Å². The summed E-state index contributed by atoms with van der Waals surface area (Å²) in [5.74, 6) is -0.382. The molecule has 2 saturated heterocycles. The molecule has 3 fully saturated rings. The number of nitrogens with two attached hydrogens (primary N) is 1. The van der Waals surface area contributed by atoms with Crippen LogP contribution >= 0.6 is 0 Å². The summed E-state index contributed by atoms with van der Waals surface area (Å²) in [6.45, 7) is 0.262. The number of hydrogen-bond donors (Lipinski definition) is 6. The topological polar surface area (TPSA) is 146 Å². The molecule has 7 N–H and O–H groups in total. The summed E-state index contributed by atoms with van der Waals surface area (Å²) in [5.41, 5.74) is 4.74. The van der Waals surface area contributed by atoms with Gasteiger partial charge in [0.05, 0.1) is 18.8 Å². The Balaban J connectivity index is 1.51. The predicted molar refractivity (Wildman–Crippen MR) is 82.8 cm³/mol. The first-order valence-electron chi connectivity index (χ1n) is 8.49. The van der Waals surface area contributed by atoms with Crippen LogP contribution in [0.25, 0.3) is 0 Å². The molecular formula is C15H27N3O6. The molecule has 0 aromatic heterocycles. The van der Waals surface area contributed by atoms with E-state index in [0.717, 1.165) is 0 Å². The maximum Gasteiger partial charge on any atom is 0.254 e. The smallest absolute Gasteiger partial charge is 0.254 e. The van der Waals surface area contributed by atoms with Gasteiger partial charge in [0.1, 0.15) is 6.10 Å². The summed E-state index contributed by atoms with van der Waals surface area (Å²) in [5, 5.41) is 34.6. The van der Waals surface area contributed by atoms with Crippen LogP contribution in [0.5, 0.6) is 0 Å². The zero-order valence-electron chi connectivity index (χ0n) is 13.6. The molecule has 0 radical (unpaired) electrons. The van der Waals surface area contributed by atoms with E-state index in [1.165, 1.54) is 0 Å². The number of aliphatic hydroxyl groups excluding tert-OH is 2. The highest BCUT2D eigenvalue weighted by Crippen LogP contribution is 2.28. The second-order valence-corrected chi connectivity index (χ2v) is 7.12. The molecule has 138 valence electrons. The molecular weight excluding hydrogens is 318 g/mol. The van der Waals surface area contributed by atoms with E-state index >= 15 is 0 Å². The summed E-state index contributed by atoms with van der Waals surface area (Å²) in [6.07, 6.45) is -0.00863. The average Bonchev–Trinajstić information content (AvgIpc) is 2.83. The Kier molecular flexibility index (Phi) is 5.40.